The molecule has 5 heteroatoms. The molecule has 1 saturated heterocycles. The Morgan fingerprint density at radius 2 is 2.06 bits per heavy atom. The van der Waals surface area contributed by atoms with Crippen molar-refractivity contribution in [2.75, 3.05) is 11.9 Å². The summed E-state index contributed by atoms with van der Waals surface area (Å²) < 4.78 is 0. The highest BCUT2D eigenvalue weighted by Crippen LogP contribution is 2.20. The van der Waals surface area contributed by atoms with Gasteiger partial charge in [0.2, 0.25) is 11.9 Å². The van der Waals surface area contributed by atoms with E-state index in [2.05, 4.69) is 20.6 Å². The summed E-state index contributed by atoms with van der Waals surface area (Å²) in [5.74, 6) is 0.336. The number of rotatable bonds is 2. The van der Waals surface area contributed by atoms with E-state index in [1.54, 1.807) is 0 Å². The second kappa shape index (κ2) is 4.41. The van der Waals surface area contributed by atoms with Gasteiger partial charge in [-0.05, 0) is 46.2 Å². The van der Waals surface area contributed by atoms with Gasteiger partial charge in [0.25, 0.3) is 0 Å². The lowest BCUT2D eigenvalue weighted by Crippen LogP contribution is -2.48. The minimum absolute atomic E-state index is 0.0556. The highest BCUT2D eigenvalue weighted by Gasteiger charge is 2.36. The summed E-state index contributed by atoms with van der Waals surface area (Å²) in [6, 6.07) is 1.88. The zero-order valence-corrected chi connectivity index (χ0v) is 10.5. The van der Waals surface area contributed by atoms with Crippen molar-refractivity contribution in [3.63, 3.8) is 0 Å². The summed E-state index contributed by atoms with van der Waals surface area (Å²) >= 11 is 0. The number of aryl methyl sites for hydroxylation is 2. The first-order valence-corrected chi connectivity index (χ1v) is 5.88. The van der Waals surface area contributed by atoms with Crippen molar-refractivity contribution in [3.8, 4) is 0 Å². The Hall–Kier alpha value is -1.49. The van der Waals surface area contributed by atoms with Crippen LogP contribution in [0.1, 0.15) is 31.2 Å². The molecular weight excluding hydrogens is 216 g/mol. The number of aromatic nitrogens is 2. The monoisotopic (exact) mass is 234 g/mol. The van der Waals surface area contributed by atoms with Crippen LogP contribution in [0.3, 0.4) is 0 Å². The van der Waals surface area contributed by atoms with Gasteiger partial charge < -0.3 is 5.32 Å². The molecule has 92 valence electrons. The topological polar surface area (TPSA) is 66.9 Å². The van der Waals surface area contributed by atoms with Gasteiger partial charge in [-0.1, -0.05) is 0 Å². The van der Waals surface area contributed by atoms with E-state index in [9.17, 15) is 4.79 Å². The van der Waals surface area contributed by atoms with E-state index in [1.165, 1.54) is 0 Å². The standard InChI is InChI=1S/C12H18N4O/c1-8-7-9(2)15-11(14-8)16-10(17)12(3)5-4-6-13-12/h7,13H,4-6H2,1-3H3,(H,14,15,16,17). The number of carbonyl (C=O) groups excluding carboxylic acids is 1. The molecule has 1 amide bonds. The van der Waals surface area contributed by atoms with Crippen molar-refractivity contribution in [2.24, 2.45) is 0 Å². The largest absolute Gasteiger partial charge is 0.304 e. The molecule has 5 nitrogen and oxygen atoms in total. The Morgan fingerprint density at radius 3 is 2.59 bits per heavy atom. The van der Waals surface area contributed by atoms with Gasteiger partial charge in [0.1, 0.15) is 0 Å². The molecule has 1 fully saturated rings. The van der Waals surface area contributed by atoms with Crippen molar-refractivity contribution in [1.29, 1.82) is 0 Å². The first-order chi connectivity index (χ1) is 7.99. The maximum Gasteiger partial charge on any atom is 0.246 e. The fourth-order valence-corrected chi connectivity index (χ4v) is 2.11. The molecule has 2 heterocycles. The molecule has 17 heavy (non-hydrogen) atoms. The van der Waals surface area contributed by atoms with Gasteiger partial charge in [0.15, 0.2) is 0 Å². The molecule has 0 saturated carbocycles. The molecule has 1 aliphatic heterocycles. The SMILES string of the molecule is Cc1cc(C)nc(NC(=O)C2(C)CCCN2)n1. The Morgan fingerprint density at radius 1 is 1.41 bits per heavy atom. The van der Waals surface area contributed by atoms with E-state index in [1.807, 2.05) is 26.8 Å². The van der Waals surface area contributed by atoms with Crippen molar-refractivity contribution in [3.05, 3.63) is 17.5 Å². The lowest BCUT2D eigenvalue weighted by Gasteiger charge is -2.22. The van der Waals surface area contributed by atoms with Gasteiger partial charge in [-0.25, -0.2) is 9.97 Å². The molecule has 1 atom stereocenters. The van der Waals surface area contributed by atoms with Crippen molar-refractivity contribution < 1.29 is 4.79 Å². The van der Waals surface area contributed by atoms with Crippen LogP contribution in [0.5, 0.6) is 0 Å². The Kier molecular flexibility index (Phi) is 3.11. The average Bonchev–Trinajstić information content (AvgIpc) is 2.64. The fraction of sp³-hybridized carbons (Fsp3) is 0.583. The van der Waals surface area contributed by atoms with Gasteiger partial charge in [-0.15, -0.1) is 0 Å². The predicted molar refractivity (Wildman–Crippen MR) is 65.8 cm³/mol. The smallest absolute Gasteiger partial charge is 0.246 e. The number of amides is 1. The van der Waals surface area contributed by atoms with Gasteiger partial charge in [0.05, 0.1) is 5.54 Å². The molecule has 0 radical (unpaired) electrons. The van der Waals surface area contributed by atoms with Crippen LogP contribution in [0.2, 0.25) is 0 Å². The normalized spacial score (nSPS) is 23.7. The van der Waals surface area contributed by atoms with Crippen LogP contribution in [0.4, 0.5) is 5.95 Å². The van der Waals surface area contributed by atoms with Crippen LogP contribution in [-0.2, 0) is 4.79 Å². The maximum atomic E-state index is 12.1. The molecule has 1 aromatic rings. The number of hydrogen-bond donors (Lipinski definition) is 2. The molecule has 0 aliphatic carbocycles. The third-order valence-electron chi connectivity index (χ3n) is 3.08. The second-order valence-corrected chi connectivity index (χ2v) is 4.79. The molecule has 0 aromatic carbocycles. The molecule has 1 aromatic heterocycles. The van der Waals surface area contributed by atoms with Crippen LogP contribution < -0.4 is 10.6 Å². The van der Waals surface area contributed by atoms with Gasteiger partial charge in [-0.3, -0.25) is 10.1 Å². The number of hydrogen-bond acceptors (Lipinski definition) is 4. The number of carbonyl (C=O) groups is 1. The summed E-state index contributed by atoms with van der Waals surface area (Å²) in [5, 5.41) is 6.00. The van der Waals surface area contributed by atoms with E-state index < -0.39 is 5.54 Å². The Bertz CT molecular complexity index is 418. The van der Waals surface area contributed by atoms with E-state index in [0.717, 1.165) is 30.8 Å². The summed E-state index contributed by atoms with van der Waals surface area (Å²) in [7, 11) is 0. The predicted octanol–water partition coefficient (Wildman–Crippen LogP) is 1.17. The van der Waals surface area contributed by atoms with Crippen LogP contribution >= 0.6 is 0 Å². The van der Waals surface area contributed by atoms with E-state index in [-0.39, 0.29) is 5.91 Å². The quantitative estimate of drug-likeness (QED) is 0.806. The Balaban J connectivity index is 2.12. The van der Waals surface area contributed by atoms with Crippen molar-refractivity contribution in [2.45, 2.75) is 39.2 Å². The van der Waals surface area contributed by atoms with Crippen molar-refractivity contribution >= 4 is 11.9 Å². The lowest BCUT2D eigenvalue weighted by molar-refractivity contribution is -0.121. The van der Waals surface area contributed by atoms with Gasteiger partial charge in [0, 0.05) is 11.4 Å². The molecule has 0 spiro atoms. The van der Waals surface area contributed by atoms with Gasteiger partial charge >= 0.3 is 0 Å². The summed E-state index contributed by atoms with van der Waals surface area (Å²) in [4.78, 5) is 20.5. The first-order valence-electron chi connectivity index (χ1n) is 5.88. The van der Waals surface area contributed by atoms with Crippen LogP contribution in [0.15, 0.2) is 6.07 Å². The molecule has 0 bridgehead atoms. The highest BCUT2D eigenvalue weighted by atomic mass is 16.2. The first kappa shape index (κ1) is 12.0. The number of nitrogens with zero attached hydrogens (tertiary/aromatic N) is 2. The lowest BCUT2D eigenvalue weighted by atomic mass is 9.99. The van der Waals surface area contributed by atoms with Crippen LogP contribution in [0.25, 0.3) is 0 Å². The second-order valence-electron chi connectivity index (χ2n) is 4.79. The summed E-state index contributed by atoms with van der Waals surface area (Å²) in [5.41, 5.74) is 1.23. The zero-order chi connectivity index (χ0) is 12.5. The molecule has 1 aliphatic rings. The number of nitrogens with one attached hydrogen (secondary N) is 2. The third kappa shape index (κ3) is 2.61. The Labute approximate surface area is 101 Å². The molecular formula is C12H18N4O. The zero-order valence-electron chi connectivity index (χ0n) is 10.5. The van der Waals surface area contributed by atoms with E-state index in [4.69, 9.17) is 0 Å². The maximum absolute atomic E-state index is 12.1. The minimum Gasteiger partial charge on any atom is -0.304 e. The fourth-order valence-electron chi connectivity index (χ4n) is 2.11. The van der Waals surface area contributed by atoms with Crippen LogP contribution in [0, 0.1) is 13.8 Å². The van der Waals surface area contributed by atoms with Gasteiger partial charge in [-0.2, -0.15) is 0 Å². The minimum atomic E-state index is -0.485. The highest BCUT2D eigenvalue weighted by molar-refractivity contribution is 5.96. The molecule has 1 unspecified atom stereocenters. The summed E-state index contributed by atoms with van der Waals surface area (Å²) in [6.45, 7) is 6.58. The summed E-state index contributed by atoms with van der Waals surface area (Å²) in [6.07, 6.45) is 1.88. The third-order valence-corrected chi connectivity index (χ3v) is 3.08. The average molecular weight is 234 g/mol. The van der Waals surface area contributed by atoms with E-state index >= 15 is 0 Å². The number of anilines is 1. The molecule has 2 N–H and O–H groups in total. The molecule has 2 rings (SSSR count). The van der Waals surface area contributed by atoms with E-state index in [0.29, 0.717) is 5.95 Å². The van der Waals surface area contributed by atoms with Crippen LogP contribution in [-0.4, -0.2) is 28.0 Å². The van der Waals surface area contributed by atoms with Crippen molar-refractivity contribution in [1.82, 2.24) is 15.3 Å².